The minimum absolute atomic E-state index is 0.664. The summed E-state index contributed by atoms with van der Waals surface area (Å²) in [7, 11) is 0. The standard InChI is InChI=1S/C14H25N3O2/c1-4-18-10-8-17(9-11-19-5-2)14-13(15)7-6-12(3)16-14/h6-7H,4-5,8-11,15H2,1-3H3. The fourth-order valence-electron chi connectivity index (χ4n) is 1.77. The van der Waals surface area contributed by atoms with Gasteiger partial charge in [0.1, 0.15) is 0 Å². The minimum Gasteiger partial charge on any atom is -0.396 e. The first-order chi connectivity index (χ1) is 9.19. The number of aromatic nitrogens is 1. The number of aryl methyl sites for hydroxylation is 1. The number of anilines is 2. The van der Waals surface area contributed by atoms with Crippen LogP contribution in [0.25, 0.3) is 0 Å². The zero-order chi connectivity index (χ0) is 14.1. The van der Waals surface area contributed by atoms with Gasteiger partial charge in [0, 0.05) is 32.0 Å². The molecule has 0 bridgehead atoms. The van der Waals surface area contributed by atoms with Gasteiger partial charge in [-0.05, 0) is 32.9 Å². The Morgan fingerprint density at radius 2 is 1.68 bits per heavy atom. The van der Waals surface area contributed by atoms with Crippen molar-refractivity contribution in [3.8, 4) is 0 Å². The van der Waals surface area contributed by atoms with Gasteiger partial charge in [-0.1, -0.05) is 0 Å². The SMILES string of the molecule is CCOCCN(CCOCC)c1nc(C)ccc1N. The van der Waals surface area contributed by atoms with Gasteiger partial charge >= 0.3 is 0 Å². The maximum Gasteiger partial charge on any atom is 0.152 e. The van der Waals surface area contributed by atoms with Crippen LogP contribution in [0.2, 0.25) is 0 Å². The van der Waals surface area contributed by atoms with Crippen LogP contribution in [0.3, 0.4) is 0 Å². The highest BCUT2D eigenvalue weighted by atomic mass is 16.5. The highest BCUT2D eigenvalue weighted by Gasteiger charge is 2.11. The van der Waals surface area contributed by atoms with Gasteiger partial charge in [0.05, 0.1) is 18.9 Å². The molecule has 0 saturated heterocycles. The zero-order valence-electron chi connectivity index (χ0n) is 12.2. The van der Waals surface area contributed by atoms with Gasteiger partial charge < -0.3 is 20.1 Å². The van der Waals surface area contributed by atoms with Gasteiger partial charge in [-0.25, -0.2) is 4.98 Å². The summed E-state index contributed by atoms with van der Waals surface area (Å²) in [5.41, 5.74) is 7.67. The quantitative estimate of drug-likeness (QED) is 0.692. The summed E-state index contributed by atoms with van der Waals surface area (Å²) in [5.74, 6) is 0.819. The molecule has 1 heterocycles. The van der Waals surface area contributed by atoms with E-state index in [0.29, 0.717) is 18.9 Å². The average molecular weight is 267 g/mol. The normalized spacial score (nSPS) is 10.7. The second-order valence-corrected chi connectivity index (χ2v) is 4.25. The number of rotatable bonds is 9. The van der Waals surface area contributed by atoms with Crippen molar-refractivity contribution in [2.45, 2.75) is 20.8 Å². The summed E-state index contributed by atoms with van der Waals surface area (Å²) >= 11 is 0. The summed E-state index contributed by atoms with van der Waals surface area (Å²) in [6.45, 7) is 10.2. The molecule has 0 fully saturated rings. The Bertz CT molecular complexity index is 362. The third-order valence-electron chi connectivity index (χ3n) is 2.76. The van der Waals surface area contributed by atoms with E-state index < -0.39 is 0 Å². The molecule has 108 valence electrons. The predicted molar refractivity (Wildman–Crippen MR) is 78.6 cm³/mol. The number of nitrogen functional groups attached to an aromatic ring is 1. The van der Waals surface area contributed by atoms with E-state index in [2.05, 4.69) is 9.88 Å². The Morgan fingerprint density at radius 3 is 2.21 bits per heavy atom. The van der Waals surface area contributed by atoms with E-state index in [4.69, 9.17) is 15.2 Å². The molecule has 1 aromatic rings. The number of nitrogens with zero attached hydrogens (tertiary/aromatic N) is 2. The Labute approximate surface area is 115 Å². The summed E-state index contributed by atoms with van der Waals surface area (Å²) in [4.78, 5) is 6.64. The number of nitrogens with two attached hydrogens (primary N) is 1. The second-order valence-electron chi connectivity index (χ2n) is 4.25. The van der Waals surface area contributed by atoms with Crippen molar-refractivity contribution in [1.82, 2.24) is 4.98 Å². The largest absolute Gasteiger partial charge is 0.396 e. The molecule has 0 aliphatic rings. The van der Waals surface area contributed by atoms with Crippen LogP contribution in [0.15, 0.2) is 12.1 Å². The van der Waals surface area contributed by atoms with Crippen molar-refractivity contribution < 1.29 is 9.47 Å². The third-order valence-corrected chi connectivity index (χ3v) is 2.76. The van der Waals surface area contributed by atoms with Crippen LogP contribution in [0.4, 0.5) is 11.5 Å². The summed E-state index contributed by atoms with van der Waals surface area (Å²) in [6, 6.07) is 3.81. The van der Waals surface area contributed by atoms with E-state index >= 15 is 0 Å². The molecule has 0 atom stereocenters. The number of ether oxygens (including phenoxy) is 2. The number of pyridine rings is 1. The lowest BCUT2D eigenvalue weighted by molar-refractivity contribution is 0.141. The van der Waals surface area contributed by atoms with Crippen molar-refractivity contribution in [2.75, 3.05) is 50.2 Å². The molecule has 1 aromatic heterocycles. The molecule has 0 spiro atoms. The van der Waals surface area contributed by atoms with Gasteiger partial charge in [0.2, 0.25) is 0 Å². The molecule has 0 aliphatic heterocycles. The molecule has 1 rings (SSSR count). The maximum absolute atomic E-state index is 6.01. The Balaban J connectivity index is 2.72. The van der Waals surface area contributed by atoms with Crippen LogP contribution < -0.4 is 10.6 Å². The van der Waals surface area contributed by atoms with Gasteiger partial charge in [-0.2, -0.15) is 0 Å². The molecule has 19 heavy (non-hydrogen) atoms. The molecule has 5 nitrogen and oxygen atoms in total. The Morgan fingerprint density at radius 1 is 1.11 bits per heavy atom. The molecule has 0 saturated carbocycles. The smallest absolute Gasteiger partial charge is 0.152 e. The van der Waals surface area contributed by atoms with Crippen LogP contribution in [-0.2, 0) is 9.47 Å². The summed E-state index contributed by atoms with van der Waals surface area (Å²) in [6.07, 6.45) is 0. The van der Waals surface area contributed by atoms with Crippen LogP contribution in [-0.4, -0.2) is 44.5 Å². The third kappa shape index (κ3) is 5.44. The highest BCUT2D eigenvalue weighted by molar-refractivity contribution is 5.62. The van der Waals surface area contributed by atoms with Crippen LogP contribution in [0.5, 0.6) is 0 Å². The van der Waals surface area contributed by atoms with E-state index in [0.717, 1.165) is 37.8 Å². The Kier molecular flexibility index (Phi) is 7.22. The van der Waals surface area contributed by atoms with Gasteiger partial charge in [0.15, 0.2) is 5.82 Å². The van der Waals surface area contributed by atoms with Crippen molar-refractivity contribution in [1.29, 1.82) is 0 Å². The highest BCUT2D eigenvalue weighted by Crippen LogP contribution is 2.20. The van der Waals surface area contributed by atoms with Crippen molar-refractivity contribution in [3.05, 3.63) is 17.8 Å². The molecule has 0 radical (unpaired) electrons. The van der Waals surface area contributed by atoms with Crippen LogP contribution in [0, 0.1) is 6.92 Å². The second kappa shape index (κ2) is 8.72. The number of hydrogen-bond acceptors (Lipinski definition) is 5. The summed E-state index contributed by atoms with van der Waals surface area (Å²) < 4.78 is 10.8. The van der Waals surface area contributed by atoms with Crippen LogP contribution >= 0.6 is 0 Å². The van der Waals surface area contributed by atoms with Gasteiger partial charge in [-0.15, -0.1) is 0 Å². The summed E-state index contributed by atoms with van der Waals surface area (Å²) in [5, 5.41) is 0. The first kappa shape index (κ1) is 15.7. The molecular formula is C14H25N3O2. The van der Waals surface area contributed by atoms with E-state index in [1.807, 2.05) is 32.9 Å². The van der Waals surface area contributed by atoms with Crippen molar-refractivity contribution in [2.24, 2.45) is 0 Å². The monoisotopic (exact) mass is 267 g/mol. The molecule has 0 aliphatic carbocycles. The van der Waals surface area contributed by atoms with Crippen LogP contribution in [0.1, 0.15) is 19.5 Å². The van der Waals surface area contributed by atoms with Crippen molar-refractivity contribution >= 4 is 11.5 Å². The lowest BCUT2D eigenvalue weighted by Crippen LogP contribution is -2.32. The van der Waals surface area contributed by atoms with E-state index in [1.54, 1.807) is 0 Å². The molecular weight excluding hydrogens is 242 g/mol. The molecule has 0 amide bonds. The van der Waals surface area contributed by atoms with Gasteiger partial charge in [0.25, 0.3) is 0 Å². The fourth-order valence-corrected chi connectivity index (χ4v) is 1.77. The van der Waals surface area contributed by atoms with E-state index in [1.165, 1.54) is 0 Å². The number of hydrogen-bond donors (Lipinski definition) is 1. The first-order valence-corrected chi connectivity index (χ1v) is 6.82. The van der Waals surface area contributed by atoms with Gasteiger partial charge in [-0.3, -0.25) is 0 Å². The lowest BCUT2D eigenvalue weighted by Gasteiger charge is -2.25. The molecule has 0 unspecified atom stereocenters. The lowest BCUT2D eigenvalue weighted by atomic mass is 10.3. The minimum atomic E-state index is 0.664. The zero-order valence-corrected chi connectivity index (χ0v) is 12.2. The topological polar surface area (TPSA) is 60.6 Å². The predicted octanol–water partition coefficient (Wildman–Crippen LogP) is 1.85. The molecule has 2 N–H and O–H groups in total. The average Bonchev–Trinajstić information content (AvgIpc) is 2.40. The van der Waals surface area contributed by atoms with Crippen molar-refractivity contribution in [3.63, 3.8) is 0 Å². The Hall–Kier alpha value is -1.33. The molecule has 0 aromatic carbocycles. The molecule has 5 heteroatoms. The fraction of sp³-hybridized carbons (Fsp3) is 0.643. The van der Waals surface area contributed by atoms with E-state index in [-0.39, 0.29) is 0 Å². The van der Waals surface area contributed by atoms with E-state index in [9.17, 15) is 0 Å². The maximum atomic E-state index is 6.01. The first-order valence-electron chi connectivity index (χ1n) is 6.82.